The minimum Gasteiger partial charge on any atom is -0.494 e. The molecule has 0 bridgehead atoms. The molecule has 5 nitrogen and oxygen atoms in total. The van der Waals surface area contributed by atoms with Crippen molar-refractivity contribution in [1.29, 1.82) is 0 Å². The van der Waals surface area contributed by atoms with E-state index in [2.05, 4.69) is 5.10 Å². The van der Waals surface area contributed by atoms with Gasteiger partial charge in [0.25, 0.3) is 0 Å². The summed E-state index contributed by atoms with van der Waals surface area (Å²) in [6, 6.07) is 6.95. The molecule has 3 rings (SSSR count). The van der Waals surface area contributed by atoms with Gasteiger partial charge in [-0.1, -0.05) is 6.07 Å². The Morgan fingerprint density at radius 2 is 2.28 bits per heavy atom. The van der Waals surface area contributed by atoms with Gasteiger partial charge in [0, 0.05) is 25.4 Å². The number of piperidine rings is 1. The largest absolute Gasteiger partial charge is 0.494 e. The first-order chi connectivity index (χ1) is 12.2. The van der Waals surface area contributed by atoms with Gasteiger partial charge in [0.1, 0.15) is 0 Å². The Morgan fingerprint density at radius 1 is 1.40 bits per heavy atom. The van der Waals surface area contributed by atoms with E-state index in [-0.39, 0.29) is 23.5 Å². The molecule has 0 spiro atoms. The van der Waals surface area contributed by atoms with Crippen molar-refractivity contribution < 1.29 is 13.9 Å². The summed E-state index contributed by atoms with van der Waals surface area (Å²) in [5, 5.41) is 4.25. The molecule has 134 valence electrons. The molecular weight excluding hydrogens is 321 g/mol. The lowest BCUT2D eigenvalue weighted by molar-refractivity contribution is -0.135. The number of benzene rings is 1. The first kappa shape index (κ1) is 17.5. The van der Waals surface area contributed by atoms with E-state index in [9.17, 15) is 9.18 Å². The third kappa shape index (κ3) is 4.38. The summed E-state index contributed by atoms with van der Waals surface area (Å²) >= 11 is 0. The Hall–Kier alpha value is -2.37. The molecule has 1 aliphatic rings. The number of methoxy groups -OCH3 is 1. The maximum atomic E-state index is 13.8. The van der Waals surface area contributed by atoms with Gasteiger partial charge in [0.15, 0.2) is 11.6 Å². The Balaban J connectivity index is 1.59. The highest BCUT2D eigenvalue weighted by molar-refractivity contribution is 5.77. The van der Waals surface area contributed by atoms with Crippen molar-refractivity contribution in [2.75, 3.05) is 13.7 Å². The molecule has 0 saturated carbocycles. The van der Waals surface area contributed by atoms with E-state index in [0.717, 1.165) is 37.9 Å². The number of carbonyl (C=O) groups is 1. The van der Waals surface area contributed by atoms with Crippen LogP contribution >= 0.6 is 0 Å². The van der Waals surface area contributed by atoms with Crippen molar-refractivity contribution in [3.63, 3.8) is 0 Å². The minimum atomic E-state index is -0.387. The number of hydrogen-bond acceptors (Lipinski definition) is 3. The van der Waals surface area contributed by atoms with Crippen LogP contribution in [0.2, 0.25) is 0 Å². The lowest BCUT2D eigenvalue weighted by Crippen LogP contribution is -2.46. The minimum absolute atomic E-state index is 0.132. The van der Waals surface area contributed by atoms with Gasteiger partial charge in [-0.05, 0) is 49.4 Å². The molecule has 1 amide bonds. The van der Waals surface area contributed by atoms with Crippen LogP contribution in [0.3, 0.4) is 0 Å². The molecule has 2 heterocycles. The lowest BCUT2D eigenvalue weighted by Gasteiger charge is -2.36. The van der Waals surface area contributed by atoms with Crippen molar-refractivity contribution in [2.24, 2.45) is 0 Å². The monoisotopic (exact) mass is 345 g/mol. The highest BCUT2D eigenvalue weighted by atomic mass is 19.1. The number of aryl methyl sites for hydroxylation is 1. The molecule has 1 saturated heterocycles. The van der Waals surface area contributed by atoms with Gasteiger partial charge in [0.2, 0.25) is 5.91 Å². The molecule has 1 aromatic heterocycles. The van der Waals surface area contributed by atoms with Crippen LogP contribution in [0.15, 0.2) is 36.7 Å². The summed E-state index contributed by atoms with van der Waals surface area (Å²) in [5.41, 5.74) is 0.812. The van der Waals surface area contributed by atoms with E-state index < -0.39 is 0 Å². The molecule has 2 aromatic rings. The maximum absolute atomic E-state index is 13.8. The van der Waals surface area contributed by atoms with Gasteiger partial charge >= 0.3 is 0 Å². The number of amides is 1. The van der Waals surface area contributed by atoms with E-state index >= 15 is 0 Å². The van der Waals surface area contributed by atoms with Crippen LogP contribution in [0.4, 0.5) is 4.39 Å². The molecule has 0 unspecified atom stereocenters. The molecule has 1 fully saturated rings. The summed E-state index contributed by atoms with van der Waals surface area (Å²) in [4.78, 5) is 14.7. The van der Waals surface area contributed by atoms with Gasteiger partial charge in [0.05, 0.1) is 19.7 Å². The summed E-state index contributed by atoms with van der Waals surface area (Å²) in [6.45, 7) is 1.53. The normalized spacial score (nSPS) is 17.5. The Bertz CT molecular complexity index is 703. The SMILES string of the molecule is COc1ccc(CCC(=O)N2CCCC[C@H]2Cn2cccn2)cc1F. The predicted molar refractivity (Wildman–Crippen MR) is 92.9 cm³/mol. The average molecular weight is 345 g/mol. The second kappa shape index (κ2) is 8.14. The second-order valence-corrected chi connectivity index (χ2v) is 6.43. The third-order valence-electron chi connectivity index (χ3n) is 4.75. The van der Waals surface area contributed by atoms with E-state index in [1.165, 1.54) is 13.2 Å². The second-order valence-electron chi connectivity index (χ2n) is 6.43. The van der Waals surface area contributed by atoms with Crippen molar-refractivity contribution in [3.05, 3.63) is 48.0 Å². The quantitative estimate of drug-likeness (QED) is 0.808. The molecule has 0 aliphatic carbocycles. The fourth-order valence-corrected chi connectivity index (χ4v) is 3.40. The first-order valence-corrected chi connectivity index (χ1v) is 8.76. The highest BCUT2D eigenvalue weighted by Crippen LogP contribution is 2.22. The molecule has 25 heavy (non-hydrogen) atoms. The first-order valence-electron chi connectivity index (χ1n) is 8.76. The van der Waals surface area contributed by atoms with Gasteiger partial charge in [-0.25, -0.2) is 4.39 Å². The standard InChI is InChI=1S/C19H24FN3O2/c1-25-18-8-6-15(13-17(18)20)7-9-19(24)23-12-3-2-5-16(23)14-22-11-4-10-21-22/h4,6,8,10-11,13,16H,2-3,5,7,9,12,14H2,1H3/t16-/m0/s1. The van der Waals surface area contributed by atoms with Gasteiger partial charge in [-0.2, -0.15) is 5.10 Å². The lowest BCUT2D eigenvalue weighted by atomic mass is 10.0. The van der Waals surface area contributed by atoms with E-state index in [4.69, 9.17) is 4.74 Å². The summed E-state index contributed by atoms with van der Waals surface area (Å²) in [5.74, 6) is -0.0274. The van der Waals surface area contributed by atoms with Gasteiger partial charge in [-0.15, -0.1) is 0 Å². The van der Waals surface area contributed by atoms with Gasteiger partial charge in [-0.3, -0.25) is 9.48 Å². The molecule has 0 N–H and O–H groups in total. The number of halogens is 1. The van der Waals surface area contributed by atoms with Crippen molar-refractivity contribution in [2.45, 2.75) is 44.7 Å². The fraction of sp³-hybridized carbons (Fsp3) is 0.474. The topological polar surface area (TPSA) is 47.4 Å². The molecule has 1 atom stereocenters. The smallest absolute Gasteiger partial charge is 0.223 e. The number of aromatic nitrogens is 2. The number of nitrogens with zero attached hydrogens (tertiary/aromatic N) is 3. The highest BCUT2D eigenvalue weighted by Gasteiger charge is 2.26. The fourth-order valence-electron chi connectivity index (χ4n) is 3.40. The van der Waals surface area contributed by atoms with E-state index in [1.54, 1.807) is 12.3 Å². The number of carbonyl (C=O) groups excluding carboxylic acids is 1. The number of rotatable bonds is 6. The molecule has 1 aliphatic heterocycles. The summed E-state index contributed by atoms with van der Waals surface area (Å²) in [7, 11) is 1.44. The Kier molecular flexibility index (Phi) is 5.68. The number of hydrogen-bond donors (Lipinski definition) is 0. The summed E-state index contributed by atoms with van der Waals surface area (Å²) in [6.07, 6.45) is 7.79. The third-order valence-corrected chi connectivity index (χ3v) is 4.75. The van der Waals surface area contributed by atoms with Crippen LogP contribution in [0.1, 0.15) is 31.2 Å². The van der Waals surface area contributed by atoms with Crippen LogP contribution in [-0.2, 0) is 17.8 Å². The van der Waals surface area contributed by atoms with Crippen molar-refractivity contribution >= 4 is 5.91 Å². The molecule has 1 aromatic carbocycles. The molecule has 0 radical (unpaired) electrons. The summed E-state index contributed by atoms with van der Waals surface area (Å²) < 4.78 is 20.6. The van der Waals surface area contributed by atoms with E-state index in [0.29, 0.717) is 12.8 Å². The zero-order valence-electron chi connectivity index (χ0n) is 14.5. The van der Waals surface area contributed by atoms with Crippen LogP contribution in [-0.4, -0.2) is 40.3 Å². The molecule has 6 heteroatoms. The van der Waals surface area contributed by atoms with Crippen molar-refractivity contribution in [1.82, 2.24) is 14.7 Å². The van der Waals surface area contributed by atoms with Crippen LogP contribution in [0.25, 0.3) is 0 Å². The molecular formula is C19H24FN3O2. The van der Waals surface area contributed by atoms with Gasteiger partial charge < -0.3 is 9.64 Å². The zero-order valence-corrected chi connectivity index (χ0v) is 14.5. The van der Waals surface area contributed by atoms with Crippen LogP contribution in [0.5, 0.6) is 5.75 Å². The number of ether oxygens (including phenoxy) is 1. The Morgan fingerprint density at radius 3 is 3.00 bits per heavy atom. The van der Waals surface area contributed by atoms with Crippen molar-refractivity contribution in [3.8, 4) is 5.75 Å². The van der Waals surface area contributed by atoms with E-state index in [1.807, 2.05) is 27.9 Å². The number of likely N-dealkylation sites (tertiary alicyclic amines) is 1. The van der Waals surface area contributed by atoms with Crippen LogP contribution in [0, 0.1) is 5.82 Å². The Labute approximate surface area is 147 Å². The predicted octanol–water partition coefficient (Wildman–Crippen LogP) is 3.04. The maximum Gasteiger partial charge on any atom is 0.223 e. The average Bonchev–Trinajstić information content (AvgIpc) is 3.13. The van der Waals surface area contributed by atoms with Crippen LogP contribution < -0.4 is 4.74 Å². The zero-order chi connectivity index (χ0) is 17.6.